The molecule has 7 aromatic rings. The van der Waals surface area contributed by atoms with Gasteiger partial charge in [0.05, 0.1) is 36.4 Å². The number of amides is 3. The van der Waals surface area contributed by atoms with E-state index in [1.165, 1.54) is 49.8 Å². The Kier molecular flexibility index (Phi) is 13.2. The fourth-order valence-corrected chi connectivity index (χ4v) is 7.19. The number of pyridine rings is 2. The molecule has 5 heterocycles. The Hall–Kier alpha value is -6.50. The number of hydrogen-bond acceptors (Lipinski definition) is 9. The number of para-hydroxylation sites is 1. The zero-order chi connectivity index (χ0) is 43.2. The Balaban J connectivity index is 0.000000202. The maximum atomic E-state index is 14.6. The molecule has 3 aromatic carbocycles. The molecule has 3 N–H and O–H groups in total. The van der Waals surface area contributed by atoms with E-state index in [1.54, 1.807) is 45.5 Å². The molecule has 8 rings (SSSR count). The maximum Gasteiger partial charge on any atom is 0.337 e. The second kappa shape index (κ2) is 18.8. The summed E-state index contributed by atoms with van der Waals surface area (Å²) in [6, 6.07) is 22.6. The number of esters is 1. The molecular formula is C43H37Br2F2N9O5. The van der Waals surface area contributed by atoms with Crippen molar-refractivity contribution in [1.82, 2.24) is 29.0 Å². The zero-order valence-electron chi connectivity index (χ0n) is 32.7. The largest absolute Gasteiger partial charge is 0.465 e. The monoisotopic (exact) mass is 955 g/mol. The third kappa shape index (κ3) is 9.94. The van der Waals surface area contributed by atoms with E-state index < -0.39 is 29.4 Å². The molecule has 1 fully saturated rings. The summed E-state index contributed by atoms with van der Waals surface area (Å²) in [5.74, 6) is -3.36. The van der Waals surface area contributed by atoms with Gasteiger partial charge in [-0.25, -0.2) is 23.5 Å². The first-order valence-corrected chi connectivity index (χ1v) is 20.3. The normalized spacial score (nSPS) is 12.7. The number of methoxy groups -OCH3 is 1. The first-order valence-electron chi connectivity index (χ1n) is 18.7. The lowest BCUT2D eigenvalue weighted by Gasteiger charge is -2.35. The van der Waals surface area contributed by atoms with Gasteiger partial charge in [-0.15, -0.1) is 0 Å². The van der Waals surface area contributed by atoms with Crippen LogP contribution in [0.25, 0.3) is 11.3 Å². The fourth-order valence-electron chi connectivity index (χ4n) is 6.54. The summed E-state index contributed by atoms with van der Waals surface area (Å²) in [5.41, 5.74) is 3.92. The predicted octanol–water partition coefficient (Wildman–Crippen LogP) is 7.44. The molecule has 18 heteroatoms. The number of nitrogens with zero attached hydrogens (tertiary/aromatic N) is 6. The van der Waals surface area contributed by atoms with E-state index in [0.29, 0.717) is 17.8 Å². The van der Waals surface area contributed by atoms with Crippen molar-refractivity contribution < 1.29 is 32.7 Å². The van der Waals surface area contributed by atoms with Crippen molar-refractivity contribution in [1.29, 1.82) is 0 Å². The van der Waals surface area contributed by atoms with Gasteiger partial charge in [0.2, 0.25) is 0 Å². The number of benzene rings is 3. The minimum absolute atomic E-state index is 0.0810. The molecule has 312 valence electrons. The van der Waals surface area contributed by atoms with E-state index in [0.717, 1.165) is 52.4 Å². The van der Waals surface area contributed by atoms with Crippen LogP contribution in [0, 0.1) is 11.6 Å². The lowest BCUT2D eigenvalue weighted by molar-refractivity contribution is 0.0600. The number of ether oxygens (including phenoxy) is 1. The summed E-state index contributed by atoms with van der Waals surface area (Å²) in [6.07, 6.45) is 6.17. The highest BCUT2D eigenvalue weighted by molar-refractivity contribution is 9.10. The Bertz CT molecular complexity index is 2790. The molecule has 0 saturated carbocycles. The van der Waals surface area contributed by atoms with Crippen molar-refractivity contribution in [2.24, 2.45) is 0 Å². The summed E-state index contributed by atoms with van der Waals surface area (Å²) >= 11 is 6.69. The minimum Gasteiger partial charge on any atom is -0.465 e. The van der Waals surface area contributed by atoms with Gasteiger partial charge in [-0.05, 0) is 79.3 Å². The van der Waals surface area contributed by atoms with Crippen LogP contribution in [0.3, 0.4) is 0 Å². The number of aromatic nitrogens is 4. The van der Waals surface area contributed by atoms with Crippen LogP contribution in [0.2, 0.25) is 0 Å². The average molecular weight is 958 g/mol. The van der Waals surface area contributed by atoms with Gasteiger partial charge in [0.25, 0.3) is 17.7 Å². The topological polar surface area (TPSA) is 155 Å². The second-order valence-corrected chi connectivity index (χ2v) is 15.7. The van der Waals surface area contributed by atoms with Crippen LogP contribution in [0.1, 0.15) is 47.3 Å². The van der Waals surface area contributed by atoms with Crippen molar-refractivity contribution >= 4 is 83.9 Å². The van der Waals surface area contributed by atoms with Gasteiger partial charge in [0, 0.05) is 65.3 Å². The quantitative estimate of drug-likeness (QED) is 0.125. The van der Waals surface area contributed by atoms with Gasteiger partial charge in [0.15, 0.2) is 0 Å². The van der Waals surface area contributed by atoms with E-state index in [2.05, 4.69) is 85.4 Å². The van der Waals surface area contributed by atoms with Crippen LogP contribution >= 0.6 is 31.9 Å². The number of imidazole rings is 2. The number of halogens is 4. The maximum absolute atomic E-state index is 14.6. The van der Waals surface area contributed by atoms with Gasteiger partial charge in [-0.2, -0.15) is 0 Å². The van der Waals surface area contributed by atoms with E-state index in [-0.39, 0.29) is 39.8 Å². The number of carbonyl (C=O) groups excluding carboxylic acids is 4. The molecule has 14 nitrogen and oxygen atoms in total. The molecule has 1 aliphatic rings. The van der Waals surface area contributed by atoms with Crippen molar-refractivity contribution in [3.8, 4) is 0 Å². The van der Waals surface area contributed by atoms with Gasteiger partial charge in [-0.3, -0.25) is 23.2 Å². The molecule has 0 bridgehead atoms. The minimum atomic E-state index is -0.660. The molecule has 61 heavy (non-hydrogen) atoms. The number of carbonyl (C=O) groups is 4. The molecule has 0 atom stereocenters. The SMILES string of the molecule is CN1CCN(c2ccccc2CNC(=O)c2ccc(F)c(NC(=O)c3cnc4cc(Br)ccn34)c2)CC1.COC(=O)c1ccc(F)c(NC(=O)c2cnc3cc(Br)ccn23)c1. The summed E-state index contributed by atoms with van der Waals surface area (Å²) in [4.78, 5) is 62.7. The van der Waals surface area contributed by atoms with Gasteiger partial charge < -0.3 is 30.5 Å². The molecule has 3 amide bonds. The number of fused-ring (bicyclic) bond motifs is 2. The molecule has 0 unspecified atom stereocenters. The van der Waals surface area contributed by atoms with Crippen LogP contribution in [-0.2, 0) is 11.3 Å². The van der Waals surface area contributed by atoms with Crippen molar-refractivity contribution in [3.05, 3.63) is 158 Å². The summed E-state index contributed by atoms with van der Waals surface area (Å²) < 4.78 is 37.9. The second-order valence-electron chi connectivity index (χ2n) is 13.8. The van der Waals surface area contributed by atoms with Gasteiger partial charge in [0.1, 0.15) is 34.3 Å². The van der Waals surface area contributed by atoms with E-state index >= 15 is 0 Å². The Morgan fingerprint density at radius 1 is 0.689 bits per heavy atom. The van der Waals surface area contributed by atoms with Gasteiger partial charge >= 0.3 is 5.97 Å². The lowest BCUT2D eigenvalue weighted by atomic mass is 10.1. The van der Waals surface area contributed by atoms with Crippen LogP contribution in [0.5, 0.6) is 0 Å². The number of nitrogens with one attached hydrogen (secondary N) is 3. The smallest absolute Gasteiger partial charge is 0.337 e. The highest BCUT2D eigenvalue weighted by Crippen LogP contribution is 2.24. The first-order chi connectivity index (χ1) is 29.4. The molecule has 0 aliphatic carbocycles. The van der Waals surface area contributed by atoms with Crippen LogP contribution in [0.4, 0.5) is 25.8 Å². The molecule has 1 aliphatic heterocycles. The highest BCUT2D eigenvalue weighted by Gasteiger charge is 2.20. The first kappa shape index (κ1) is 42.6. The molecule has 1 saturated heterocycles. The number of piperazine rings is 1. The van der Waals surface area contributed by atoms with E-state index in [9.17, 15) is 28.0 Å². The van der Waals surface area contributed by atoms with Crippen molar-refractivity contribution in [2.45, 2.75) is 6.54 Å². The summed E-state index contributed by atoms with van der Waals surface area (Å²) in [5, 5.41) is 7.94. The van der Waals surface area contributed by atoms with E-state index in [4.69, 9.17) is 0 Å². The fraction of sp³-hybridized carbons (Fsp3) is 0.163. The Labute approximate surface area is 364 Å². The summed E-state index contributed by atoms with van der Waals surface area (Å²) in [7, 11) is 3.33. The molecule has 0 radical (unpaired) electrons. The Morgan fingerprint density at radius 3 is 1.77 bits per heavy atom. The standard InChI is InChI=1S/C27H26BrFN6O2.C16H11BrFN3O3/c1-33-10-12-34(13-11-33)23-5-3-2-4-19(23)16-31-26(36)18-6-7-21(29)22(14-18)32-27(37)24-17-30-25-15-20(28)8-9-35(24)25;1-24-16(23)9-2-3-11(18)12(6-9)20-15(22)13-8-19-14-7-10(17)4-5-21(13)14/h2-9,14-15,17H,10-13,16H2,1H3,(H,31,36)(H,32,37);2-8H,1H3,(H,20,22). The van der Waals surface area contributed by atoms with Crippen LogP contribution in [-0.4, -0.2) is 87.7 Å². The van der Waals surface area contributed by atoms with E-state index in [1.807, 2.05) is 18.2 Å². The molecule has 0 spiro atoms. The number of anilines is 3. The summed E-state index contributed by atoms with van der Waals surface area (Å²) in [6.45, 7) is 4.14. The van der Waals surface area contributed by atoms with Crippen LogP contribution < -0.4 is 20.9 Å². The zero-order valence-corrected chi connectivity index (χ0v) is 35.8. The highest BCUT2D eigenvalue weighted by atomic mass is 79.9. The Morgan fingerprint density at radius 2 is 1.21 bits per heavy atom. The third-order valence-corrected chi connectivity index (χ3v) is 10.8. The van der Waals surface area contributed by atoms with Crippen molar-refractivity contribution in [2.75, 3.05) is 55.9 Å². The van der Waals surface area contributed by atoms with Crippen molar-refractivity contribution in [3.63, 3.8) is 0 Å². The predicted molar refractivity (Wildman–Crippen MR) is 233 cm³/mol. The number of rotatable bonds is 9. The molecular weight excluding hydrogens is 920 g/mol. The van der Waals surface area contributed by atoms with Gasteiger partial charge in [-0.1, -0.05) is 50.1 Å². The molecule has 4 aromatic heterocycles. The third-order valence-electron chi connectivity index (χ3n) is 9.80. The number of likely N-dealkylation sites (N-methyl/N-ethyl adjacent to an activating group) is 1. The lowest BCUT2D eigenvalue weighted by Crippen LogP contribution is -2.45. The number of hydrogen-bond donors (Lipinski definition) is 3. The average Bonchev–Trinajstić information content (AvgIpc) is 3.88. The van der Waals surface area contributed by atoms with Crippen LogP contribution in [0.15, 0.2) is 119 Å².